The molecule has 1 aliphatic heterocycles. The number of aromatic amines is 1. The molecule has 1 amide bonds. The number of fused-ring (bicyclic) bond motifs is 6. The summed E-state index contributed by atoms with van der Waals surface area (Å²) in [7, 11) is -0.777. The molecule has 4 aromatic heterocycles. The Balaban J connectivity index is 1.37. The number of alkyl halides is 1. The van der Waals surface area contributed by atoms with E-state index >= 15 is 4.39 Å². The minimum atomic E-state index is -3.76. The zero-order chi connectivity index (χ0) is 35.8. The Hall–Kier alpha value is -5.40. The van der Waals surface area contributed by atoms with Gasteiger partial charge in [-0.2, -0.15) is 0 Å². The SMILES string of the molecule is CNC(=O)c1c(-c2ccc(C)cc2)oc2cc(N(C)S(C)(=O)=O)c(-c3ccc4nc(CCN5CC(F)C5)c5c([nH]c6cccc(F)c65)c4n3)cc12. The maximum atomic E-state index is 15.4. The van der Waals surface area contributed by atoms with Crippen molar-refractivity contribution in [2.45, 2.75) is 19.5 Å². The van der Waals surface area contributed by atoms with Gasteiger partial charge in [-0.05, 0) is 37.3 Å². The molecule has 0 radical (unpaired) electrons. The van der Waals surface area contributed by atoms with Gasteiger partial charge in [0.1, 0.15) is 28.8 Å². The van der Waals surface area contributed by atoms with Crippen molar-refractivity contribution in [1.29, 1.82) is 0 Å². The Morgan fingerprint density at radius 1 is 1.08 bits per heavy atom. The highest BCUT2D eigenvalue weighted by atomic mass is 32.2. The highest BCUT2D eigenvalue weighted by molar-refractivity contribution is 7.92. The molecule has 1 saturated heterocycles. The predicted molar refractivity (Wildman–Crippen MR) is 196 cm³/mol. The molecule has 1 fully saturated rings. The van der Waals surface area contributed by atoms with Gasteiger partial charge in [0.2, 0.25) is 10.0 Å². The molecular weight excluding hydrogens is 675 g/mol. The van der Waals surface area contributed by atoms with Crippen molar-refractivity contribution in [3.63, 3.8) is 0 Å². The third-order valence-corrected chi connectivity index (χ3v) is 10.9. The quantitative estimate of drug-likeness (QED) is 0.179. The number of H-pyrrole nitrogens is 1. The summed E-state index contributed by atoms with van der Waals surface area (Å²) < 4.78 is 62.4. The van der Waals surface area contributed by atoms with E-state index in [-0.39, 0.29) is 11.6 Å². The molecule has 7 aromatic rings. The first-order valence-electron chi connectivity index (χ1n) is 16.5. The first kappa shape index (κ1) is 32.8. The largest absolute Gasteiger partial charge is 0.455 e. The van der Waals surface area contributed by atoms with Crippen LogP contribution in [0.5, 0.6) is 0 Å². The average molecular weight is 709 g/mol. The molecule has 13 heteroatoms. The lowest BCUT2D eigenvalue weighted by Crippen LogP contribution is -2.48. The normalized spacial score (nSPS) is 14.2. The number of furan rings is 1. The Morgan fingerprint density at radius 2 is 1.84 bits per heavy atom. The minimum Gasteiger partial charge on any atom is -0.455 e. The maximum Gasteiger partial charge on any atom is 0.255 e. The summed E-state index contributed by atoms with van der Waals surface area (Å²) in [4.78, 5) is 28.8. The lowest BCUT2D eigenvalue weighted by atomic mass is 10.00. The van der Waals surface area contributed by atoms with E-state index in [2.05, 4.69) is 10.3 Å². The summed E-state index contributed by atoms with van der Waals surface area (Å²) in [6.45, 7) is 3.27. The predicted octanol–water partition coefficient (Wildman–Crippen LogP) is 6.74. The number of likely N-dealkylation sites (tertiary alicyclic amines) is 1. The number of aromatic nitrogens is 3. The molecule has 2 N–H and O–H groups in total. The van der Waals surface area contributed by atoms with Crippen LogP contribution in [0.4, 0.5) is 14.5 Å². The first-order chi connectivity index (χ1) is 24.4. The van der Waals surface area contributed by atoms with Gasteiger partial charge in [0.05, 0.1) is 39.9 Å². The van der Waals surface area contributed by atoms with E-state index in [9.17, 15) is 17.6 Å². The Morgan fingerprint density at radius 3 is 2.55 bits per heavy atom. The topological polar surface area (TPSA) is 124 Å². The van der Waals surface area contributed by atoms with Crippen LogP contribution >= 0.6 is 0 Å². The second kappa shape index (κ2) is 12.1. The van der Waals surface area contributed by atoms with Gasteiger partial charge in [-0.15, -0.1) is 0 Å². The number of anilines is 1. The van der Waals surface area contributed by atoms with E-state index in [1.165, 1.54) is 20.2 Å². The molecule has 0 saturated carbocycles. The molecule has 0 aliphatic carbocycles. The number of nitrogens with zero attached hydrogens (tertiary/aromatic N) is 4. The number of aryl methyl sites for hydroxylation is 1. The van der Waals surface area contributed by atoms with Gasteiger partial charge in [0.25, 0.3) is 5.91 Å². The smallest absolute Gasteiger partial charge is 0.255 e. The maximum absolute atomic E-state index is 15.4. The van der Waals surface area contributed by atoms with Crippen LogP contribution in [0.2, 0.25) is 0 Å². The van der Waals surface area contributed by atoms with Crippen LogP contribution in [0, 0.1) is 12.7 Å². The fourth-order valence-electron chi connectivity index (χ4n) is 6.92. The van der Waals surface area contributed by atoms with Crippen molar-refractivity contribution in [1.82, 2.24) is 25.2 Å². The van der Waals surface area contributed by atoms with Crippen molar-refractivity contribution >= 4 is 65.4 Å². The summed E-state index contributed by atoms with van der Waals surface area (Å²) in [5, 5.41) is 4.18. The number of carbonyl (C=O) groups excluding carboxylic acids is 1. The summed E-state index contributed by atoms with van der Waals surface area (Å²) in [6, 6.07) is 19.3. The number of nitrogens with one attached hydrogen (secondary N) is 2. The van der Waals surface area contributed by atoms with Crippen molar-refractivity contribution < 1.29 is 26.4 Å². The molecule has 10 nitrogen and oxygen atoms in total. The van der Waals surface area contributed by atoms with Crippen molar-refractivity contribution in [3.8, 4) is 22.6 Å². The molecule has 0 spiro atoms. The van der Waals surface area contributed by atoms with Crippen molar-refractivity contribution in [3.05, 3.63) is 89.4 Å². The van der Waals surface area contributed by atoms with Crippen LogP contribution in [0.15, 0.2) is 71.1 Å². The van der Waals surface area contributed by atoms with E-state index in [0.717, 1.165) is 16.1 Å². The van der Waals surface area contributed by atoms with Crippen molar-refractivity contribution in [2.75, 3.05) is 44.3 Å². The lowest BCUT2D eigenvalue weighted by Gasteiger charge is -2.34. The van der Waals surface area contributed by atoms with Crippen LogP contribution in [0.1, 0.15) is 21.6 Å². The number of amides is 1. The highest BCUT2D eigenvalue weighted by Crippen LogP contribution is 2.42. The molecule has 0 unspecified atom stereocenters. The van der Waals surface area contributed by atoms with E-state index in [0.29, 0.717) is 104 Å². The Bertz CT molecular complexity index is 2650. The Labute approximate surface area is 292 Å². The molecule has 8 rings (SSSR count). The van der Waals surface area contributed by atoms with E-state index in [1.54, 1.807) is 36.4 Å². The molecule has 51 heavy (non-hydrogen) atoms. The zero-order valence-corrected chi connectivity index (χ0v) is 29.2. The summed E-state index contributed by atoms with van der Waals surface area (Å²) in [6.07, 6.45) is 0.748. The van der Waals surface area contributed by atoms with Gasteiger partial charge in [0, 0.05) is 79.0 Å². The van der Waals surface area contributed by atoms with Crippen LogP contribution in [-0.2, 0) is 16.4 Å². The number of hydrogen-bond donors (Lipinski definition) is 2. The zero-order valence-electron chi connectivity index (χ0n) is 28.3. The number of hydrogen-bond acceptors (Lipinski definition) is 7. The third kappa shape index (κ3) is 5.56. The second-order valence-corrected chi connectivity index (χ2v) is 15.1. The van der Waals surface area contributed by atoms with Crippen LogP contribution in [0.25, 0.3) is 66.4 Å². The fourth-order valence-corrected chi connectivity index (χ4v) is 7.43. The van der Waals surface area contributed by atoms with Gasteiger partial charge >= 0.3 is 0 Å². The van der Waals surface area contributed by atoms with Gasteiger partial charge < -0.3 is 14.7 Å². The second-order valence-electron chi connectivity index (χ2n) is 13.1. The lowest BCUT2D eigenvalue weighted by molar-refractivity contribution is 0.0669. The number of carbonyl (C=O) groups is 1. The van der Waals surface area contributed by atoms with Crippen LogP contribution < -0.4 is 9.62 Å². The van der Waals surface area contributed by atoms with E-state index in [4.69, 9.17) is 14.4 Å². The van der Waals surface area contributed by atoms with Gasteiger partial charge in [-0.3, -0.25) is 19.0 Å². The molecule has 3 aromatic carbocycles. The van der Waals surface area contributed by atoms with Gasteiger partial charge in [-0.25, -0.2) is 22.2 Å². The van der Waals surface area contributed by atoms with Crippen molar-refractivity contribution in [2.24, 2.45) is 0 Å². The summed E-state index contributed by atoms with van der Waals surface area (Å²) in [5.74, 6) is -0.428. The molecule has 1 aliphatic rings. The number of rotatable bonds is 8. The van der Waals surface area contributed by atoms with Gasteiger partial charge in [-0.1, -0.05) is 35.9 Å². The molecular formula is C38H34F2N6O4S. The van der Waals surface area contributed by atoms with Gasteiger partial charge in [0.15, 0.2) is 0 Å². The first-order valence-corrected chi connectivity index (χ1v) is 18.4. The summed E-state index contributed by atoms with van der Waals surface area (Å²) in [5.41, 5.74) is 6.30. The number of benzene rings is 3. The minimum absolute atomic E-state index is 0.286. The average Bonchev–Trinajstić information content (AvgIpc) is 3.68. The van der Waals surface area contributed by atoms with Crippen LogP contribution in [0.3, 0.4) is 0 Å². The monoisotopic (exact) mass is 708 g/mol. The van der Waals surface area contributed by atoms with E-state index < -0.39 is 22.0 Å². The summed E-state index contributed by atoms with van der Waals surface area (Å²) >= 11 is 0. The van der Waals surface area contributed by atoms with Crippen LogP contribution in [-0.4, -0.2) is 80.3 Å². The Kier molecular flexibility index (Phi) is 7.80. The number of sulfonamides is 1. The standard InChI is InChI=1S/C38H34F2N6O4S/c1-20-8-10-21(11-9-20)37-32(38(47)41-2)24-16-23(30(17-31(24)50-37)45(3)51(4,48)49)26-12-13-29-35(43-26)36-34(33-25(40)6-5-7-27(33)44-36)28(42-29)14-15-46-18-22(39)19-46/h5-13,16-17,22,44H,14-15,18-19H2,1-4H3,(H,41,47). The molecule has 0 atom stereocenters. The highest BCUT2D eigenvalue weighted by Gasteiger charge is 2.28. The van der Waals surface area contributed by atoms with E-state index in [1.807, 2.05) is 36.1 Å². The fraction of sp³-hybridized carbons (Fsp3) is 0.237. The third-order valence-electron chi connectivity index (χ3n) is 9.69. The molecule has 0 bridgehead atoms. The molecule has 260 valence electrons. The number of halogens is 2. The molecule has 5 heterocycles. The number of pyridine rings is 2.